The number of hydrogen-bond acceptors (Lipinski definition) is 4. The highest BCUT2D eigenvalue weighted by atomic mass is 19.1. The smallest absolute Gasteiger partial charge is 0.238 e. The van der Waals surface area contributed by atoms with Crippen LogP contribution in [0.4, 0.5) is 10.1 Å². The minimum absolute atomic E-state index is 0.0977. The van der Waals surface area contributed by atoms with Gasteiger partial charge in [-0.3, -0.25) is 4.79 Å². The Morgan fingerprint density at radius 1 is 1.23 bits per heavy atom. The maximum Gasteiger partial charge on any atom is 0.238 e. The Balaban J connectivity index is 1.45. The lowest BCUT2D eigenvalue weighted by Gasteiger charge is -2.30. The highest BCUT2D eigenvalue weighted by Crippen LogP contribution is 2.36. The van der Waals surface area contributed by atoms with Crippen LogP contribution in [0, 0.1) is 12.7 Å². The van der Waals surface area contributed by atoms with Crippen molar-refractivity contribution in [2.24, 2.45) is 0 Å². The zero-order valence-corrected chi connectivity index (χ0v) is 16.8. The van der Waals surface area contributed by atoms with Crippen LogP contribution in [0.3, 0.4) is 0 Å². The first-order valence-electron chi connectivity index (χ1n) is 10.1. The van der Waals surface area contributed by atoms with E-state index < -0.39 is 6.10 Å². The molecular weight excluding hydrogens is 383 g/mol. The van der Waals surface area contributed by atoms with Crippen LogP contribution < -0.4 is 10.6 Å². The molecule has 2 unspecified atom stereocenters. The summed E-state index contributed by atoms with van der Waals surface area (Å²) in [6.45, 7) is 2.52. The number of aryl methyl sites for hydroxylation is 1. The molecule has 0 saturated heterocycles. The van der Waals surface area contributed by atoms with Crippen molar-refractivity contribution in [3.8, 4) is 0 Å². The van der Waals surface area contributed by atoms with E-state index >= 15 is 0 Å². The minimum atomic E-state index is -0.645. The summed E-state index contributed by atoms with van der Waals surface area (Å²) in [5.41, 5.74) is 3.53. The Bertz CT molecular complexity index is 1050. The molecule has 3 aromatic rings. The number of aliphatic hydroxyl groups is 1. The number of halogens is 1. The van der Waals surface area contributed by atoms with Crippen molar-refractivity contribution in [2.45, 2.75) is 38.5 Å². The van der Waals surface area contributed by atoms with Crippen LogP contribution in [-0.4, -0.2) is 27.1 Å². The zero-order chi connectivity index (χ0) is 21.1. The highest BCUT2D eigenvalue weighted by molar-refractivity contribution is 5.92. The number of carbonyl (C=O) groups excluding carboxylic acids is 1. The number of aromatic nitrogens is 2. The van der Waals surface area contributed by atoms with Crippen LogP contribution in [0.5, 0.6) is 0 Å². The minimum Gasteiger partial charge on any atom is -0.385 e. The summed E-state index contributed by atoms with van der Waals surface area (Å²) in [6, 6.07) is 14.1. The number of amides is 1. The number of imidazole rings is 1. The molecule has 7 heteroatoms. The first-order chi connectivity index (χ1) is 14.5. The molecule has 1 amide bonds. The van der Waals surface area contributed by atoms with Crippen molar-refractivity contribution in [2.75, 3.05) is 11.9 Å². The molecule has 1 aliphatic rings. The number of carbonyl (C=O) groups is 1. The van der Waals surface area contributed by atoms with E-state index in [9.17, 15) is 14.3 Å². The van der Waals surface area contributed by atoms with Crippen LogP contribution in [0.2, 0.25) is 0 Å². The lowest BCUT2D eigenvalue weighted by Crippen LogP contribution is -2.30. The quantitative estimate of drug-likeness (QED) is 0.584. The fourth-order valence-corrected chi connectivity index (χ4v) is 3.99. The molecule has 1 aliphatic heterocycles. The van der Waals surface area contributed by atoms with E-state index in [1.54, 1.807) is 12.3 Å². The van der Waals surface area contributed by atoms with Gasteiger partial charge in [0, 0.05) is 18.4 Å². The van der Waals surface area contributed by atoms with Crippen LogP contribution in [0.1, 0.15) is 47.6 Å². The molecule has 0 spiro atoms. The van der Waals surface area contributed by atoms with Gasteiger partial charge < -0.3 is 20.3 Å². The summed E-state index contributed by atoms with van der Waals surface area (Å²) in [4.78, 5) is 16.6. The van der Waals surface area contributed by atoms with Gasteiger partial charge in [-0.15, -0.1) is 0 Å². The molecule has 30 heavy (non-hydrogen) atoms. The van der Waals surface area contributed by atoms with Gasteiger partial charge in [0.05, 0.1) is 18.3 Å². The Labute approximate surface area is 174 Å². The van der Waals surface area contributed by atoms with Gasteiger partial charge in [0.1, 0.15) is 17.7 Å². The van der Waals surface area contributed by atoms with E-state index in [1.165, 1.54) is 12.1 Å². The first kappa shape index (κ1) is 20.3. The molecule has 156 valence electrons. The molecular formula is C23H25FN4O2. The summed E-state index contributed by atoms with van der Waals surface area (Å²) in [6.07, 6.45) is 2.33. The van der Waals surface area contributed by atoms with Gasteiger partial charge in [-0.1, -0.05) is 24.3 Å². The summed E-state index contributed by atoms with van der Waals surface area (Å²) < 4.78 is 15.7. The van der Waals surface area contributed by atoms with E-state index in [0.29, 0.717) is 25.2 Å². The van der Waals surface area contributed by atoms with E-state index in [2.05, 4.69) is 15.6 Å². The number of nitrogens with one attached hydrogen (secondary N) is 2. The zero-order valence-electron chi connectivity index (χ0n) is 16.8. The second kappa shape index (κ2) is 8.77. The Hall–Kier alpha value is -3.03. The fourth-order valence-electron chi connectivity index (χ4n) is 3.99. The molecule has 0 bridgehead atoms. The summed E-state index contributed by atoms with van der Waals surface area (Å²) in [5, 5.41) is 16.4. The number of fused-ring (bicyclic) bond motifs is 1. The third-order valence-corrected chi connectivity index (χ3v) is 5.35. The van der Waals surface area contributed by atoms with Crippen LogP contribution in [-0.2, 0) is 11.3 Å². The third-order valence-electron chi connectivity index (χ3n) is 5.35. The van der Waals surface area contributed by atoms with Gasteiger partial charge >= 0.3 is 0 Å². The molecule has 0 aliphatic carbocycles. The molecule has 0 radical (unpaired) electrons. The molecule has 1 aromatic heterocycles. The second-order valence-corrected chi connectivity index (χ2v) is 7.66. The predicted molar refractivity (Wildman–Crippen MR) is 112 cm³/mol. The van der Waals surface area contributed by atoms with Crippen molar-refractivity contribution >= 4 is 11.6 Å². The Morgan fingerprint density at radius 2 is 2.07 bits per heavy atom. The van der Waals surface area contributed by atoms with E-state index in [0.717, 1.165) is 22.5 Å². The molecule has 2 heterocycles. The second-order valence-electron chi connectivity index (χ2n) is 7.66. The van der Waals surface area contributed by atoms with Gasteiger partial charge in [0.15, 0.2) is 0 Å². The lowest BCUT2D eigenvalue weighted by atomic mass is 9.95. The monoisotopic (exact) mass is 408 g/mol. The van der Waals surface area contributed by atoms with Gasteiger partial charge in [0.25, 0.3) is 0 Å². The summed E-state index contributed by atoms with van der Waals surface area (Å²) in [5.74, 6) is 0.157. The van der Waals surface area contributed by atoms with Crippen molar-refractivity contribution in [3.63, 3.8) is 0 Å². The standard InChI is InChI=1S/C23H25FN4O2/c1-15-4-2-7-18(10-15)27-22(30)14-25-12-19-13-26-23-21(29)9-8-20(28(19)23)16-5-3-6-17(24)11-16/h2-7,10-11,13,20-21,25,29H,8-9,12,14H2,1H3,(H,27,30). The van der Waals surface area contributed by atoms with Crippen molar-refractivity contribution in [1.29, 1.82) is 0 Å². The van der Waals surface area contributed by atoms with E-state index in [4.69, 9.17) is 0 Å². The summed E-state index contributed by atoms with van der Waals surface area (Å²) in [7, 11) is 0. The largest absolute Gasteiger partial charge is 0.385 e. The predicted octanol–water partition coefficient (Wildman–Crippen LogP) is 3.48. The average Bonchev–Trinajstić information content (AvgIpc) is 3.13. The van der Waals surface area contributed by atoms with Crippen LogP contribution in [0.15, 0.2) is 54.7 Å². The van der Waals surface area contributed by atoms with Gasteiger partial charge in [-0.05, 0) is 55.2 Å². The number of rotatable bonds is 6. The van der Waals surface area contributed by atoms with Crippen molar-refractivity contribution < 1.29 is 14.3 Å². The maximum absolute atomic E-state index is 13.8. The topological polar surface area (TPSA) is 79.2 Å². The SMILES string of the molecule is Cc1cccc(NC(=O)CNCc2cnc3n2C(c2cccc(F)c2)CCC3O)c1. The highest BCUT2D eigenvalue weighted by Gasteiger charge is 2.30. The average molecular weight is 408 g/mol. The van der Waals surface area contributed by atoms with Gasteiger partial charge in [-0.25, -0.2) is 9.37 Å². The number of benzene rings is 2. The molecule has 0 fully saturated rings. The Morgan fingerprint density at radius 3 is 2.87 bits per heavy atom. The molecule has 2 aromatic carbocycles. The number of aliphatic hydroxyl groups excluding tert-OH is 1. The normalized spacial score (nSPS) is 18.1. The maximum atomic E-state index is 13.8. The number of hydrogen-bond donors (Lipinski definition) is 3. The van der Waals surface area contributed by atoms with E-state index in [-0.39, 0.29) is 24.3 Å². The third kappa shape index (κ3) is 4.42. The molecule has 6 nitrogen and oxygen atoms in total. The van der Waals surface area contributed by atoms with Gasteiger partial charge in [0.2, 0.25) is 5.91 Å². The first-order valence-corrected chi connectivity index (χ1v) is 10.1. The number of anilines is 1. The van der Waals surface area contributed by atoms with Gasteiger partial charge in [-0.2, -0.15) is 0 Å². The number of nitrogens with zero attached hydrogens (tertiary/aromatic N) is 2. The molecule has 0 saturated carbocycles. The van der Waals surface area contributed by atoms with Crippen molar-refractivity contribution in [3.05, 3.63) is 83.2 Å². The molecule has 4 rings (SSSR count). The van der Waals surface area contributed by atoms with Crippen LogP contribution >= 0.6 is 0 Å². The van der Waals surface area contributed by atoms with E-state index in [1.807, 2.05) is 41.8 Å². The summed E-state index contributed by atoms with van der Waals surface area (Å²) >= 11 is 0. The fraction of sp³-hybridized carbons (Fsp3) is 0.304. The lowest BCUT2D eigenvalue weighted by molar-refractivity contribution is -0.115. The Kier molecular flexibility index (Phi) is 5.92. The van der Waals surface area contributed by atoms with Crippen molar-refractivity contribution in [1.82, 2.24) is 14.9 Å². The van der Waals surface area contributed by atoms with Crippen LogP contribution in [0.25, 0.3) is 0 Å². The molecule has 3 N–H and O–H groups in total. The molecule has 2 atom stereocenters.